The van der Waals surface area contributed by atoms with E-state index in [1.54, 1.807) is 23.7 Å². The molecule has 2 N–H and O–H groups in total. The maximum absolute atomic E-state index is 12.8. The summed E-state index contributed by atoms with van der Waals surface area (Å²) in [7, 11) is 0. The molecule has 2 saturated heterocycles. The van der Waals surface area contributed by atoms with E-state index in [2.05, 4.69) is 41.5 Å². The fourth-order valence-electron chi connectivity index (χ4n) is 4.48. The van der Waals surface area contributed by atoms with E-state index in [0.717, 1.165) is 40.1 Å². The summed E-state index contributed by atoms with van der Waals surface area (Å²) in [5, 5.41) is 10.1. The quantitative estimate of drug-likeness (QED) is 0.539. The van der Waals surface area contributed by atoms with Gasteiger partial charge >= 0.3 is 0 Å². The van der Waals surface area contributed by atoms with Gasteiger partial charge in [0, 0.05) is 32.4 Å². The Morgan fingerprint density at radius 2 is 2.00 bits per heavy atom. The number of piperidine rings is 2. The van der Waals surface area contributed by atoms with Crippen LogP contribution >= 0.6 is 27.3 Å². The van der Waals surface area contributed by atoms with Crippen molar-refractivity contribution in [2.45, 2.75) is 19.8 Å². The number of amides is 2. The maximum Gasteiger partial charge on any atom is 0.260 e. The van der Waals surface area contributed by atoms with Gasteiger partial charge in [-0.25, -0.2) is 4.52 Å². The Kier molecular flexibility index (Phi) is 5.53. The summed E-state index contributed by atoms with van der Waals surface area (Å²) in [6, 6.07) is 1.68. The topological polar surface area (TPSA) is 91.6 Å². The standard InChI is InChI=1S/C21H23BrN6O2S/c1-12-17(26-20(30)16-8-25-28-11-18(22)31-21(16)28)6-15(7-24-12)19(29)23-2-3-27-9-13-4-14(5-13)10-27/h6-8,11,13-14H,2-5,9-10H2,1H3,(H,23,29)(H,26,30). The Balaban J connectivity index is 1.22. The van der Waals surface area contributed by atoms with Gasteiger partial charge in [0.05, 0.1) is 38.7 Å². The SMILES string of the molecule is Cc1ncc(C(=O)NCCN2CC3CC(C3)C2)cc1NC(=O)c1cnn2cc(Br)sc12. The van der Waals surface area contributed by atoms with Crippen molar-refractivity contribution in [3.8, 4) is 0 Å². The number of nitrogens with zero attached hydrogens (tertiary/aromatic N) is 4. The Labute approximate surface area is 192 Å². The number of hydrogen-bond acceptors (Lipinski definition) is 6. The van der Waals surface area contributed by atoms with Gasteiger partial charge in [0.15, 0.2) is 0 Å². The molecule has 3 fully saturated rings. The molecule has 3 aromatic heterocycles. The first-order chi connectivity index (χ1) is 15.0. The summed E-state index contributed by atoms with van der Waals surface area (Å²) in [6.07, 6.45) is 7.65. The molecule has 3 aromatic rings. The van der Waals surface area contributed by atoms with E-state index in [-0.39, 0.29) is 11.8 Å². The lowest BCUT2D eigenvalue weighted by Gasteiger charge is -2.47. The van der Waals surface area contributed by atoms with Crippen LogP contribution < -0.4 is 10.6 Å². The molecule has 1 saturated carbocycles. The Morgan fingerprint density at radius 1 is 1.23 bits per heavy atom. The lowest BCUT2D eigenvalue weighted by Crippen LogP contribution is -2.50. The zero-order chi connectivity index (χ0) is 21.5. The predicted molar refractivity (Wildman–Crippen MR) is 123 cm³/mol. The van der Waals surface area contributed by atoms with Crippen molar-refractivity contribution in [3.05, 3.63) is 45.3 Å². The molecule has 0 spiro atoms. The molecule has 2 bridgehead atoms. The highest BCUT2D eigenvalue weighted by atomic mass is 79.9. The summed E-state index contributed by atoms with van der Waals surface area (Å²) in [5.74, 6) is 1.25. The highest BCUT2D eigenvalue weighted by Crippen LogP contribution is 2.39. The summed E-state index contributed by atoms with van der Waals surface area (Å²) in [4.78, 5) is 32.9. The number of aromatic nitrogens is 3. The van der Waals surface area contributed by atoms with Crippen molar-refractivity contribution in [2.24, 2.45) is 11.8 Å². The van der Waals surface area contributed by atoms with E-state index < -0.39 is 0 Å². The van der Waals surface area contributed by atoms with Crippen LogP contribution in [0, 0.1) is 18.8 Å². The van der Waals surface area contributed by atoms with Crippen LogP contribution in [-0.4, -0.2) is 57.5 Å². The van der Waals surface area contributed by atoms with Crippen molar-refractivity contribution in [1.29, 1.82) is 0 Å². The molecule has 0 aromatic carbocycles. The summed E-state index contributed by atoms with van der Waals surface area (Å²) in [5.41, 5.74) is 2.07. The number of hydrogen-bond donors (Lipinski definition) is 2. The Bertz CT molecular complexity index is 1140. The number of anilines is 1. The molecule has 5 heterocycles. The number of halogens is 1. The fourth-order valence-corrected chi connectivity index (χ4v) is 5.92. The molecule has 10 heteroatoms. The molecule has 2 amide bonds. The first kappa shape index (κ1) is 20.6. The molecule has 2 aliphatic heterocycles. The lowest BCUT2D eigenvalue weighted by atomic mass is 9.71. The molecule has 162 valence electrons. The second kappa shape index (κ2) is 8.33. The van der Waals surface area contributed by atoms with Crippen molar-refractivity contribution in [2.75, 3.05) is 31.5 Å². The van der Waals surface area contributed by atoms with Crippen molar-refractivity contribution in [1.82, 2.24) is 24.8 Å². The van der Waals surface area contributed by atoms with Crippen LogP contribution in [0.2, 0.25) is 0 Å². The molecule has 0 atom stereocenters. The maximum atomic E-state index is 12.8. The first-order valence-electron chi connectivity index (χ1n) is 10.4. The van der Waals surface area contributed by atoms with Crippen LogP contribution in [-0.2, 0) is 0 Å². The molecular weight excluding hydrogens is 480 g/mol. The van der Waals surface area contributed by atoms with Gasteiger partial charge in [-0.3, -0.25) is 14.6 Å². The zero-order valence-electron chi connectivity index (χ0n) is 17.1. The van der Waals surface area contributed by atoms with E-state index in [4.69, 9.17) is 0 Å². The highest BCUT2D eigenvalue weighted by Gasteiger charge is 2.36. The zero-order valence-corrected chi connectivity index (χ0v) is 19.5. The number of carbonyl (C=O) groups excluding carboxylic acids is 2. The average molecular weight is 503 g/mol. The third kappa shape index (κ3) is 4.24. The molecule has 8 nitrogen and oxygen atoms in total. The van der Waals surface area contributed by atoms with Gasteiger partial charge < -0.3 is 15.5 Å². The normalized spacial score (nSPS) is 20.5. The molecular formula is C21H23BrN6O2S. The largest absolute Gasteiger partial charge is 0.351 e. The lowest BCUT2D eigenvalue weighted by molar-refractivity contribution is 0.0284. The number of thiazole rings is 1. The molecule has 0 unspecified atom stereocenters. The van der Waals surface area contributed by atoms with E-state index in [9.17, 15) is 9.59 Å². The first-order valence-corrected chi connectivity index (χ1v) is 12.0. The average Bonchev–Trinajstić information content (AvgIpc) is 3.28. The van der Waals surface area contributed by atoms with Crippen LogP contribution in [0.3, 0.4) is 0 Å². The minimum absolute atomic E-state index is 0.180. The molecule has 0 radical (unpaired) electrons. The van der Waals surface area contributed by atoms with Crippen LogP contribution in [0.5, 0.6) is 0 Å². The van der Waals surface area contributed by atoms with Gasteiger partial charge in [-0.05, 0) is 53.6 Å². The van der Waals surface area contributed by atoms with Gasteiger partial charge in [0.25, 0.3) is 11.8 Å². The van der Waals surface area contributed by atoms with E-state index >= 15 is 0 Å². The molecule has 6 rings (SSSR count). The highest BCUT2D eigenvalue weighted by molar-refractivity contribution is 9.11. The van der Waals surface area contributed by atoms with E-state index in [0.29, 0.717) is 29.1 Å². The number of aryl methyl sites for hydroxylation is 1. The van der Waals surface area contributed by atoms with Gasteiger partial charge in [0.1, 0.15) is 4.83 Å². The molecule has 1 aliphatic carbocycles. The number of pyridine rings is 1. The number of carbonyl (C=O) groups is 2. The summed E-state index contributed by atoms with van der Waals surface area (Å²) < 4.78 is 2.55. The fraction of sp³-hybridized carbons (Fsp3) is 0.429. The smallest absolute Gasteiger partial charge is 0.260 e. The van der Waals surface area contributed by atoms with Gasteiger partial charge in [-0.2, -0.15) is 5.10 Å². The van der Waals surface area contributed by atoms with E-state index in [1.807, 2.05) is 6.20 Å². The van der Waals surface area contributed by atoms with Crippen LogP contribution in [0.25, 0.3) is 4.83 Å². The van der Waals surface area contributed by atoms with Crippen molar-refractivity contribution >= 4 is 49.6 Å². The second-order valence-corrected chi connectivity index (χ2v) is 10.8. The minimum Gasteiger partial charge on any atom is -0.351 e. The molecule has 3 aliphatic rings. The third-order valence-electron chi connectivity index (χ3n) is 6.09. The van der Waals surface area contributed by atoms with Crippen molar-refractivity contribution in [3.63, 3.8) is 0 Å². The molecule has 31 heavy (non-hydrogen) atoms. The number of nitrogens with one attached hydrogen (secondary N) is 2. The van der Waals surface area contributed by atoms with Crippen LogP contribution in [0.1, 0.15) is 39.3 Å². The second-order valence-electron chi connectivity index (χ2n) is 8.37. The van der Waals surface area contributed by atoms with Crippen molar-refractivity contribution < 1.29 is 9.59 Å². The predicted octanol–water partition coefficient (Wildman–Crippen LogP) is 3.19. The van der Waals surface area contributed by atoms with Gasteiger partial charge in [0.2, 0.25) is 0 Å². The van der Waals surface area contributed by atoms with Crippen LogP contribution in [0.4, 0.5) is 5.69 Å². The van der Waals surface area contributed by atoms with Gasteiger partial charge in [-0.1, -0.05) is 0 Å². The number of fused-ring (bicyclic) bond motifs is 3. The monoisotopic (exact) mass is 502 g/mol. The van der Waals surface area contributed by atoms with Gasteiger partial charge in [-0.15, -0.1) is 11.3 Å². The summed E-state index contributed by atoms with van der Waals surface area (Å²) >= 11 is 4.84. The Morgan fingerprint density at radius 3 is 2.77 bits per heavy atom. The Hall–Kier alpha value is -2.30. The third-order valence-corrected chi connectivity index (χ3v) is 7.68. The van der Waals surface area contributed by atoms with Crippen LogP contribution in [0.15, 0.2) is 28.4 Å². The minimum atomic E-state index is -0.282. The number of rotatable bonds is 6. The summed E-state index contributed by atoms with van der Waals surface area (Å²) in [6.45, 7) is 5.58. The van der Waals surface area contributed by atoms with E-state index in [1.165, 1.54) is 30.4 Å².